The Kier molecular flexibility index (Phi) is 6.61. The van der Waals surface area contributed by atoms with Crippen LogP contribution in [0.2, 0.25) is 0 Å². The molecule has 0 unspecified atom stereocenters. The number of ether oxygens (including phenoxy) is 1. The van der Waals surface area contributed by atoms with Gasteiger partial charge >= 0.3 is 5.97 Å². The quantitative estimate of drug-likeness (QED) is 0.673. The Morgan fingerprint density at radius 2 is 1.86 bits per heavy atom. The lowest BCUT2D eigenvalue weighted by Crippen LogP contribution is -2.36. The molecule has 0 radical (unpaired) electrons. The lowest BCUT2D eigenvalue weighted by molar-refractivity contribution is -0.125. The van der Waals surface area contributed by atoms with E-state index in [-0.39, 0.29) is 24.2 Å². The molecular formula is C16H26N2O4. The highest BCUT2D eigenvalue weighted by Crippen LogP contribution is 2.24. The van der Waals surface area contributed by atoms with Gasteiger partial charge in [-0.15, -0.1) is 0 Å². The van der Waals surface area contributed by atoms with Crippen LogP contribution in [-0.2, 0) is 9.53 Å². The molecule has 22 heavy (non-hydrogen) atoms. The van der Waals surface area contributed by atoms with Gasteiger partial charge in [-0.1, -0.05) is 13.8 Å². The van der Waals surface area contributed by atoms with Crippen molar-refractivity contribution < 1.29 is 19.4 Å². The number of aromatic amines is 1. The Labute approximate surface area is 131 Å². The lowest BCUT2D eigenvalue weighted by atomic mass is 10.1. The second-order valence-corrected chi connectivity index (χ2v) is 5.50. The number of carbonyl (C=O) groups is 2. The molecule has 1 amide bonds. The second-order valence-electron chi connectivity index (χ2n) is 5.50. The molecule has 6 heteroatoms. The average molecular weight is 310 g/mol. The van der Waals surface area contributed by atoms with Crippen molar-refractivity contribution in [2.45, 2.75) is 59.6 Å². The maximum absolute atomic E-state index is 12.1. The zero-order valence-corrected chi connectivity index (χ0v) is 13.9. The monoisotopic (exact) mass is 310 g/mol. The standard InChI is InChI=1S/C16H26N2O4/c1-6-12(7-2)18-13(20)8-22-16(21)15-9(3)14(11(5)19)10(4)17-15/h11-12,17,19H,6-8H2,1-5H3,(H,18,20)/t11-/m0/s1. The van der Waals surface area contributed by atoms with Gasteiger partial charge < -0.3 is 20.1 Å². The summed E-state index contributed by atoms with van der Waals surface area (Å²) in [7, 11) is 0. The first-order chi connectivity index (χ1) is 10.3. The van der Waals surface area contributed by atoms with E-state index in [1.165, 1.54) is 0 Å². The highest BCUT2D eigenvalue weighted by atomic mass is 16.5. The number of carbonyl (C=O) groups excluding carboxylic acids is 2. The number of nitrogens with one attached hydrogen (secondary N) is 2. The van der Waals surface area contributed by atoms with Crippen molar-refractivity contribution >= 4 is 11.9 Å². The summed E-state index contributed by atoms with van der Waals surface area (Å²) >= 11 is 0. The smallest absolute Gasteiger partial charge is 0.355 e. The van der Waals surface area contributed by atoms with Crippen molar-refractivity contribution in [2.75, 3.05) is 6.61 Å². The van der Waals surface area contributed by atoms with Crippen LogP contribution in [0.5, 0.6) is 0 Å². The maximum Gasteiger partial charge on any atom is 0.355 e. The first-order valence-electron chi connectivity index (χ1n) is 7.65. The Morgan fingerprint density at radius 1 is 1.27 bits per heavy atom. The van der Waals surface area contributed by atoms with Crippen LogP contribution in [0.1, 0.15) is 67.0 Å². The molecule has 0 fully saturated rings. The Balaban J connectivity index is 2.67. The van der Waals surface area contributed by atoms with Crippen LogP contribution in [0.15, 0.2) is 0 Å². The Bertz CT molecular complexity index is 530. The minimum Gasteiger partial charge on any atom is -0.451 e. The van der Waals surface area contributed by atoms with E-state index >= 15 is 0 Å². The molecule has 1 heterocycles. The summed E-state index contributed by atoms with van der Waals surface area (Å²) in [6.07, 6.45) is 1.00. The number of esters is 1. The van der Waals surface area contributed by atoms with Gasteiger partial charge in [0.1, 0.15) is 5.69 Å². The molecule has 0 aromatic carbocycles. The highest BCUT2D eigenvalue weighted by molar-refractivity contribution is 5.91. The molecular weight excluding hydrogens is 284 g/mol. The molecule has 1 aromatic rings. The van der Waals surface area contributed by atoms with Gasteiger partial charge in [0, 0.05) is 17.3 Å². The van der Waals surface area contributed by atoms with Crippen molar-refractivity contribution in [1.82, 2.24) is 10.3 Å². The number of aliphatic hydroxyl groups is 1. The van der Waals surface area contributed by atoms with E-state index in [0.717, 1.165) is 18.5 Å². The van der Waals surface area contributed by atoms with Gasteiger partial charge in [-0.05, 0) is 39.2 Å². The lowest BCUT2D eigenvalue weighted by Gasteiger charge is -2.14. The van der Waals surface area contributed by atoms with Crippen LogP contribution in [0.4, 0.5) is 0 Å². The number of hydrogen-bond donors (Lipinski definition) is 3. The number of hydrogen-bond acceptors (Lipinski definition) is 4. The van der Waals surface area contributed by atoms with Gasteiger partial charge in [0.25, 0.3) is 5.91 Å². The number of H-pyrrole nitrogens is 1. The fourth-order valence-electron chi connectivity index (χ4n) is 2.56. The number of aryl methyl sites for hydroxylation is 1. The molecule has 3 N–H and O–H groups in total. The molecule has 1 rings (SSSR count). The summed E-state index contributed by atoms with van der Waals surface area (Å²) in [6, 6.07) is 0.0995. The van der Waals surface area contributed by atoms with Crippen molar-refractivity contribution in [3.8, 4) is 0 Å². The third-order valence-electron chi connectivity index (χ3n) is 3.80. The second kappa shape index (κ2) is 7.98. The van der Waals surface area contributed by atoms with Crippen LogP contribution in [0, 0.1) is 13.8 Å². The van der Waals surface area contributed by atoms with Crippen LogP contribution in [-0.4, -0.2) is 34.6 Å². The molecule has 0 aliphatic rings. The van der Waals surface area contributed by atoms with Gasteiger partial charge in [-0.3, -0.25) is 4.79 Å². The van der Waals surface area contributed by atoms with Crippen LogP contribution in [0.25, 0.3) is 0 Å². The first-order valence-corrected chi connectivity index (χ1v) is 7.65. The van der Waals surface area contributed by atoms with E-state index in [0.29, 0.717) is 11.1 Å². The summed E-state index contributed by atoms with van der Waals surface area (Å²) in [6.45, 7) is 8.84. The van der Waals surface area contributed by atoms with E-state index in [1.54, 1.807) is 20.8 Å². The average Bonchev–Trinajstić information content (AvgIpc) is 2.77. The molecule has 0 spiro atoms. The molecule has 124 valence electrons. The number of aliphatic hydroxyl groups excluding tert-OH is 1. The van der Waals surface area contributed by atoms with Gasteiger partial charge in [0.15, 0.2) is 6.61 Å². The number of amides is 1. The third-order valence-corrected chi connectivity index (χ3v) is 3.80. The van der Waals surface area contributed by atoms with E-state index in [9.17, 15) is 14.7 Å². The van der Waals surface area contributed by atoms with Gasteiger partial charge in [0.2, 0.25) is 0 Å². The molecule has 0 aliphatic heterocycles. The predicted molar refractivity (Wildman–Crippen MR) is 83.7 cm³/mol. The fraction of sp³-hybridized carbons (Fsp3) is 0.625. The molecule has 0 saturated heterocycles. The van der Waals surface area contributed by atoms with Gasteiger partial charge in [0.05, 0.1) is 6.10 Å². The largest absolute Gasteiger partial charge is 0.451 e. The van der Waals surface area contributed by atoms with Crippen LogP contribution >= 0.6 is 0 Å². The molecule has 1 aromatic heterocycles. The predicted octanol–water partition coefficient (Wildman–Crippen LogP) is 2.15. The number of aromatic nitrogens is 1. The van der Waals surface area contributed by atoms with Crippen molar-refractivity contribution in [3.05, 3.63) is 22.5 Å². The minimum atomic E-state index is -0.670. The summed E-state index contributed by atoms with van der Waals surface area (Å²) in [5, 5.41) is 12.5. The van der Waals surface area contributed by atoms with Crippen molar-refractivity contribution in [3.63, 3.8) is 0 Å². The SMILES string of the molecule is CCC(CC)NC(=O)COC(=O)c1[nH]c(C)c([C@H](C)O)c1C. The normalized spacial score (nSPS) is 12.3. The topological polar surface area (TPSA) is 91.4 Å². The summed E-state index contributed by atoms with van der Waals surface area (Å²) in [5.74, 6) is -0.897. The molecule has 0 bridgehead atoms. The van der Waals surface area contributed by atoms with Gasteiger partial charge in [-0.25, -0.2) is 4.79 Å². The molecule has 0 aliphatic carbocycles. The van der Waals surface area contributed by atoms with E-state index in [4.69, 9.17) is 4.74 Å². The zero-order chi connectivity index (χ0) is 16.9. The Hall–Kier alpha value is -1.82. The van der Waals surface area contributed by atoms with E-state index < -0.39 is 12.1 Å². The van der Waals surface area contributed by atoms with Crippen LogP contribution in [0.3, 0.4) is 0 Å². The third kappa shape index (κ3) is 4.34. The molecule has 6 nitrogen and oxygen atoms in total. The maximum atomic E-state index is 12.1. The Morgan fingerprint density at radius 3 is 2.32 bits per heavy atom. The fourth-order valence-corrected chi connectivity index (χ4v) is 2.56. The summed E-state index contributed by atoms with van der Waals surface area (Å²) in [5.41, 5.74) is 2.34. The van der Waals surface area contributed by atoms with E-state index in [2.05, 4.69) is 10.3 Å². The zero-order valence-electron chi connectivity index (χ0n) is 13.9. The van der Waals surface area contributed by atoms with Gasteiger partial charge in [-0.2, -0.15) is 0 Å². The van der Waals surface area contributed by atoms with Crippen LogP contribution < -0.4 is 5.32 Å². The minimum absolute atomic E-state index is 0.0995. The first kappa shape index (κ1) is 18.2. The van der Waals surface area contributed by atoms with Crippen molar-refractivity contribution in [1.29, 1.82) is 0 Å². The summed E-state index contributed by atoms with van der Waals surface area (Å²) in [4.78, 5) is 26.7. The highest BCUT2D eigenvalue weighted by Gasteiger charge is 2.21. The number of rotatable bonds is 7. The van der Waals surface area contributed by atoms with E-state index in [1.807, 2.05) is 13.8 Å². The molecule has 0 saturated carbocycles. The molecule has 1 atom stereocenters. The summed E-state index contributed by atoms with van der Waals surface area (Å²) < 4.78 is 5.04. The van der Waals surface area contributed by atoms with Crippen molar-refractivity contribution in [2.24, 2.45) is 0 Å².